The molecule has 2 aromatic carbocycles. The number of halogens is 1. The summed E-state index contributed by atoms with van der Waals surface area (Å²) in [5.74, 6) is -0.983. The molecular formula is C19H14BrNO5. The summed E-state index contributed by atoms with van der Waals surface area (Å²) in [6, 6.07) is 15.4. The van der Waals surface area contributed by atoms with Gasteiger partial charge in [0.25, 0.3) is 0 Å². The number of rotatable bonds is 5. The van der Waals surface area contributed by atoms with Crippen LogP contribution in [0, 0.1) is 0 Å². The van der Waals surface area contributed by atoms with Gasteiger partial charge in [0.05, 0.1) is 4.47 Å². The number of carbonyl (C=O) groups excluding carboxylic acids is 2. The van der Waals surface area contributed by atoms with E-state index in [-0.39, 0.29) is 11.3 Å². The van der Waals surface area contributed by atoms with Gasteiger partial charge in [-0.3, -0.25) is 9.59 Å². The van der Waals surface area contributed by atoms with E-state index in [9.17, 15) is 14.4 Å². The van der Waals surface area contributed by atoms with E-state index in [4.69, 9.17) is 9.15 Å². The van der Waals surface area contributed by atoms with Crippen LogP contribution in [-0.2, 0) is 16.1 Å². The van der Waals surface area contributed by atoms with Crippen LogP contribution in [0.2, 0.25) is 0 Å². The third-order valence-electron chi connectivity index (χ3n) is 3.54. The SMILES string of the molecule is O=C(CC(=O)Oc1cc2oc(=O)ccc2cc1Br)NCc1ccccc1. The van der Waals surface area contributed by atoms with Gasteiger partial charge >= 0.3 is 11.6 Å². The van der Waals surface area contributed by atoms with Crippen molar-refractivity contribution in [1.82, 2.24) is 5.32 Å². The summed E-state index contributed by atoms with van der Waals surface area (Å²) in [6.07, 6.45) is -0.421. The van der Waals surface area contributed by atoms with Crippen LogP contribution in [0.25, 0.3) is 11.0 Å². The molecule has 1 aromatic heterocycles. The average Bonchev–Trinajstić information content (AvgIpc) is 2.62. The summed E-state index contributed by atoms with van der Waals surface area (Å²) in [6.45, 7) is 0.331. The minimum Gasteiger partial charge on any atom is -0.425 e. The first kappa shape index (κ1) is 17.9. The molecule has 3 aromatic rings. The molecule has 7 heteroatoms. The number of ether oxygens (including phenoxy) is 1. The van der Waals surface area contributed by atoms with Crippen molar-refractivity contribution in [3.63, 3.8) is 0 Å². The maximum absolute atomic E-state index is 12.0. The van der Waals surface area contributed by atoms with Crippen LogP contribution >= 0.6 is 15.9 Å². The second kappa shape index (κ2) is 7.97. The Morgan fingerprint density at radius 3 is 2.62 bits per heavy atom. The van der Waals surface area contributed by atoms with Gasteiger partial charge in [0, 0.05) is 24.1 Å². The fraction of sp³-hybridized carbons (Fsp3) is 0.105. The summed E-state index contributed by atoms with van der Waals surface area (Å²) in [5.41, 5.74) is 0.718. The van der Waals surface area contributed by atoms with E-state index in [1.165, 1.54) is 12.1 Å². The highest BCUT2D eigenvalue weighted by atomic mass is 79.9. The minimum atomic E-state index is -0.714. The quantitative estimate of drug-likeness (QED) is 0.299. The van der Waals surface area contributed by atoms with Crippen molar-refractivity contribution in [2.24, 2.45) is 0 Å². The van der Waals surface area contributed by atoms with Gasteiger partial charge in [0.2, 0.25) is 5.91 Å². The Bertz CT molecular complexity index is 1010. The van der Waals surface area contributed by atoms with Crippen molar-refractivity contribution in [3.8, 4) is 5.75 Å². The third-order valence-corrected chi connectivity index (χ3v) is 4.15. The second-order valence-corrected chi connectivity index (χ2v) is 6.34. The molecule has 6 nitrogen and oxygen atoms in total. The van der Waals surface area contributed by atoms with Crippen molar-refractivity contribution in [2.75, 3.05) is 0 Å². The van der Waals surface area contributed by atoms with Gasteiger partial charge in [0.1, 0.15) is 17.8 Å². The molecule has 0 saturated carbocycles. The molecule has 1 heterocycles. The maximum atomic E-state index is 12.0. The largest absolute Gasteiger partial charge is 0.425 e. The van der Waals surface area contributed by atoms with E-state index < -0.39 is 23.9 Å². The number of hydrogen-bond acceptors (Lipinski definition) is 5. The fourth-order valence-corrected chi connectivity index (χ4v) is 2.74. The van der Waals surface area contributed by atoms with Crippen LogP contribution in [-0.4, -0.2) is 11.9 Å². The van der Waals surface area contributed by atoms with Crippen molar-refractivity contribution in [2.45, 2.75) is 13.0 Å². The molecule has 0 aliphatic carbocycles. The van der Waals surface area contributed by atoms with Crippen LogP contribution in [0.5, 0.6) is 5.75 Å². The van der Waals surface area contributed by atoms with Gasteiger partial charge in [-0.25, -0.2) is 4.79 Å². The smallest absolute Gasteiger partial charge is 0.336 e. The summed E-state index contributed by atoms with van der Waals surface area (Å²) in [7, 11) is 0. The highest BCUT2D eigenvalue weighted by Gasteiger charge is 2.14. The van der Waals surface area contributed by atoms with Gasteiger partial charge in [-0.05, 0) is 33.6 Å². The normalized spacial score (nSPS) is 10.5. The molecule has 0 radical (unpaired) electrons. The van der Waals surface area contributed by atoms with E-state index in [0.29, 0.717) is 16.4 Å². The van der Waals surface area contributed by atoms with Crippen molar-refractivity contribution in [1.29, 1.82) is 0 Å². The van der Waals surface area contributed by atoms with Crippen LogP contribution < -0.4 is 15.7 Å². The Hall–Kier alpha value is -2.93. The summed E-state index contributed by atoms with van der Waals surface area (Å²) < 4.78 is 10.8. The first-order valence-corrected chi connectivity index (χ1v) is 8.55. The number of fused-ring (bicyclic) bond motifs is 1. The molecule has 26 heavy (non-hydrogen) atoms. The number of esters is 1. The number of hydrogen-bond donors (Lipinski definition) is 1. The Morgan fingerprint density at radius 1 is 1.08 bits per heavy atom. The predicted molar refractivity (Wildman–Crippen MR) is 98.7 cm³/mol. The van der Waals surface area contributed by atoms with E-state index in [1.807, 2.05) is 30.3 Å². The number of carbonyl (C=O) groups is 2. The van der Waals surface area contributed by atoms with Gasteiger partial charge in [-0.1, -0.05) is 30.3 Å². The summed E-state index contributed by atoms with van der Waals surface area (Å²) >= 11 is 3.29. The first-order valence-electron chi connectivity index (χ1n) is 7.76. The lowest BCUT2D eigenvalue weighted by Crippen LogP contribution is -2.27. The zero-order chi connectivity index (χ0) is 18.5. The van der Waals surface area contributed by atoms with Crippen molar-refractivity contribution in [3.05, 3.63) is 75.1 Å². The summed E-state index contributed by atoms with van der Waals surface area (Å²) in [5, 5.41) is 3.33. The molecule has 0 bridgehead atoms. The highest BCUT2D eigenvalue weighted by Crippen LogP contribution is 2.30. The Kier molecular flexibility index (Phi) is 5.48. The number of benzene rings is 2. The molecule has 1 N–H and O–H groups in total. The Labute approximate surface area is 156 Å². The lowest BCUT2D eigenvalue weighted by molar-refractivity contribution is -0.138. The minimum absolute atomic E-state index is 0.174. The molecule has 0 fully saturated rings. The predicted octanol–water partition coefficient (Wildman–Crippen LogP) is 3.17. The van der Waals surface area contributed by atoms with Gasteiger partial charge in [-0.15, -0.1) is 0 Å². The number of nitrogens with one attached hydrogen (secondary N) is 1. The van der Waals surface area contributed by atoms with Gasteiger partial charge < -0.3 is 14.5 Å². The van der Waals surface area contributed by atoms with Gasteiger partial charge in [-0.2, -0.15) is 0 Å². The second-order valence-electron chi connectivity index (χ2n) is 5.49. The zero-order valence-electron chi connectivity index (χ0n) is 13.5. The van der Waals surface area contributed by atoms with Crippen LogP contribution in [0.3, 0.4) is 0 Å². The Balaban J connectivity index is 1.62. The standard InChI is InChI=1S/C19H14BrNO5/c20-14-8-13-6-7-18(23)25-15(13)9-16(14)26-19(24)10-17(22)21-11-12-4-2-1-3-5-12/h1-9H,10-11H2,(H,21,22). The van der Waals surface area contributed by atoms with Crippen LogP contribution in [0.4, 0.5) is 0 Å². The molecule has 0 saturated heterocycles. The monoisotopic (exact) mass is 415 g/mol. The lowest BCUT2D eigenvalue weighted by atomic mass is 10.2. The summed E-state index contributed by atoms with van der Waals surface area (Å²) in [4.78, 5) is 35.2. The zero-order valence-corrected chi connectivity index (χ0v) is 15.1. The van der Waals surface area contributed by atoms with E-state index in [0.717, 1.165) is 5.56 Å². The molecule has 3 rings (SSSR count). The van der Waals surface area contributed by atoms with Gasteiger partial charge in [0.15, 0.2) is 0 Å². The molecule has 0 spiro atoms. The first-order chi connectivity index (χ1) is 12.5. The van der Waals surface area contributed by atoms with Crippen molar-refractivity contribution >= 4 is 38.8 Å². The fourth-order valence-electron chi connectivity index (χ4n) is 2.30. The van der Waals surface area contributed by atoms with E-state index in [2.05, 4.69) is 21.2 Å². The molecule has 0 aliphatic heterocycles. The maximum Gasteiger partial charge on any atom is 0.336 e. The topological polar surface area (TPSA) is 85.6 Å². The molecule has 0 atom stereocenters. The molecular weight excluding hydrogens is 402 g/mol. The van der Waals surface area contributed by atoms with E-state index >= 15 is 0 Å². The number of amides is 1. The van der Waals surface area contributed by atoms with E-state index in [1.54, 1.807) is 12.1 Å². The third kappa shape index (κ3) is 4.58. The molecule has 0 unspecified atom stereocenters. The van der Waals surface area contributed by atoms with Crippen molar-refractivity contribution < 1.29 is 18.7 Å². The lowest BCUT2D eigenvalue weighted by Gasteiger charge is -2.08. The average molecular weight is 416 g/mol. The molecule has 0 aliphatic rings. The Morgan fingerprint density at radius 2 is 1.85 bits per heavy atom. The molecule has 1 amide bonds. The van der Waals surface area contributed by atoms with Crippen LogP contribution in [0.1, 0.15) is 12.0 Å². The highest BCUT2D eigenvalue weighted by molar-refractivity contribution is 9.10. The van der Waals surface area contributed by atoms with Crippen LogP contribution in [0.15, 0.2) is 68.3 Å². The molecule has 132 valence electrons.